The predicted molar refractivity (Wildman–Crippen MR) is 130 cm³/mol. The molecule has 0 spiro atoms. The molecule has 168 valence electrons. The zero-order chi connectivity index (χ0) is 22.8. The number of nitrogen functional groups attached to an aromatic ring is 1. The van der Waals surface area contributed by atoms with Crippen LogP contribution in [0.1, 0.15) is 48.0 Å². The Morgan fingerprint density at radius 2 is 1.88 bits per heavy atom. The first-order chi connectivity index (χ1) is 16.1. The van der Waals surface area contributed by atoms with Gasteiger partial charge in [0.15, 0.2) is 5.65 Å². The van der Waals surface area contributed by atoms with Crippen LogP contribution in [0.4, 0.5) is 5.82 Å². The van der Waals surface area contributed by atoms with E-state index in [4.69, 9.17) is 20.4 Å². The fourth-order valence-electron chi connectivity index (χ4n) is 4.34. The molecule has 2 heterocycles. The first kappa shape index (κ1) is 20.9. The SMILES string of the molecule is COc1cccc(/C=N/n2c(N)c(C(=O)NC3CCCCC3)c3nc4ccccc4nc32)c1. The summed E-state index contributed by atoms with van der Waals surface area (Å²) in [7, 11) is 1.62. The van der Waals surface area contributed by atoms with Gasteiger partial charge in [0.25, 0.3) is 5.91 Å². The van der Waals surface area contributed by atoms with Crippen molar-refractivity contribution in [3.05, 3.63) is 59.7 Å². The Morgan fingerprint density at radius 3 is 2.64 bits per heavy atom. The summed E-state index contributed by atoms with van der Waals surface area (Å²) in [6, 6.07) is 15.2. The van der Waals surface area contributed by atoms with Crippen LogP contribution >= 0.6 is 0 Å². The molecule has 3 N–H and O–H groups in total. The van der Waals surface area contributed by atoms with Crippen LogP contribution in [0.25, 0.3) is 22.2 Å². The van der Waals surface area contributed by atoms with Gasteiger partial charge in [-0.1, -0.05) is 43.5 Å². The number of anilines is 1. The van der Waals surface area contributed by atoms with E-state index in [2.05, 4.69) is 10.4 Å². The van der Waals surface area contributed by atoms with Gasteiger partial charge in [-0.05, 0) is 42.7 Å². The van der Waals surface area contributed by atoms with Crippen molar-refractivity contribution in [1.29, 1.82) is 0 Å². The molecule has 5 rings (SSSR count). The first-order valence-electron chi connectivity index (χ1n) is 11.2. The number of aromatic nitrogens is 3. The first-order valence-corrected chi connectivity index (χ1v) is 11.2. The smallest absolute Gasteiger partial charge is 0.257 e. The summed E-state index contributed by atoms with van der Waals surface area (Å²) < 4.78 is 6.78. The lowest BCUT2D eigenvalue weighted by atomic mass is 9.95. The van der Waals surface area contributed by atoms with Crippen molar-refractivity contribution < 1.29 is 9.53 Å². The quantitative estimate of drug-likeness (QED) is 0.452. The average molecular weight is 443 g/mol. The van der Waals surface area contributed by atoms with Crippen molar-refractivity contribution in [3.63, 3.8) is 0 Å². The zero-order valence-electron chi connectivity index (χ0n) is 18.5. The Balaban J connectivity index is 1.61. The summed E-state index contributed by atoms with van der Waals surface area (Å²) >= 11 is 0. The van der Waals surface area contributed by atoms with Crippen LogP contribution in [0.2, 0.25) is 0 Å². The van der Waals surface area contributed by atoms with E-state index in [1.165, 1.54) is 11.1 Å². The number of methoxy groups -OCH3 is 1. The number of amides is 1. The Hall–Kier alpha value is -3.94. The highest BCUT2D eigenvalue weighted by molar-refractivity contribution is 6.10. The van der Waals surface area contributed by atoms with E-state index in [-0.39, 0.29) is 17.8 Å². The van der Waals surface area contributed by atoms with Crippen LogP contribution in [0, 0.1) is 0 Å². The minimum atomic E-state index is -0.232. The number of hydrogen-bond acceptors (Lipinski definition) is 6. The minimum absolute atomic E-state index is 0.151. The molecule has 0 radical (unpaired) electrons. The Bertz CT molecular complexity index is 1350. The molecule has 8 nitrogen and oxygen atoms in total. The molecule has 1 aliphatic rings. The van der Waals surface area contributed by atoms with Crippen LogP contribution in [-0.4, -0.2) is 39.9 Å². The normalized spacial score (nSPS) is 14.8. The second-order valence-electron chi connectivity index (χ2n) is 8.29. The van der Waals surface area contributed by atoms with Gasteiger partial charge in [-0.15, -0.1) is 0 Å². The molecule has 1 fully saturated rings. The van der Waals surface area contributed by atoms with E-state index < -0.39 is 0 Å². The molecule has 0 aliphatic heterocycles. The van der Waals surface area contributed by atoms with Crippen molar-refractivity contribution in [2.45, 2.75) is 38.1 Å². The Labute approximate surface area is 191 Å². The van der Waals surface area contributed by atoms with Gasteiger partial charge < -0.3 is 15.8 Å². The second-order valence-corrected chi connectivity index (χ2v) is 8.29. The number of carbonyl (C=O) groups is 1. The van der Waals surface area contributed by atoms with Gasteiger partial charge in [-0.25, -0.2) is 9.97 Å². The van der Waals surface area contributed by atoms with Gasteiger partial charge in [0.2, 0.25) is 0 Å². The van der Waals surface area contributed by atoms with Crippen molar-refractivity contribution in [2.75, 3.05) is 12.8 Å². The topological polar surface area (TPSA) is 107 Å². The number of rotatable bonds is 5. The molecule has 0 unspecified atom stereocenters. The maximum Gasteiger partial charge on any atom is 0.257 e. The lowest BCUT2D eigenvalue weighted by Gasteiger charge is -2.22. The number of nitrogens with zero attached hydrogens (tertiary/aromatic N) is 4. The lowest BCUT2D eigenvalue weighted by Crippen LogP contribution is -2.36. The molecule has 2 aromatic carbocycles. The highest BCUT2D eigenvalue weighted by Gasteiger charge is 2.26. The van der Waals surface area contributed by atoms with E-state index in [0.717, 1.165) is 37.0 Å². The molecule has 0 saturated heterocycles. The van der Waals surface area contributed by atoms with Crippen molar-refractivity contribution in [3.8, 4) is 5.75 Å². The number of carbonyl (C=O) groups excluding carboxylic acids is 1. The van der Waals surface area contributed by atoms with E-state index >= 15 is 0 Å². The third-order valence-corrected chi connectivity index (χ3v) is 6.06. The molecule has 1 aliphatic carbocycles. The fraction of sp³-hybridized carbons (Fsp3) is 0.280. The molecule has 4 aromatic rings. The molecule has 33 heavy (non-hydrogen) atoms. The van der Waals surface area contributed by atoms with Crippen molar-refractivity contribution >= 4 is 40.1 Å². The summed E-state index contributed by atoms with van der Waals surface area (Å²) in [5.41, 5.74) is 9.93. The van der Waals surface area contributed by atoms with Gasteiger partial charge in [-0.3, -0.25) is 4.79 Å². The maximum atomic E-state index is 13.3. The Morgan fingerprint density at radius 1 is 1.12 bits per heavy atom. The number of ether oxygens (including phenoxy) is 1. The molecular weight excluding hydrogens is 416 g/mol. The molecule has 1 saturated carbocycles. The summed E-state index contributed by atoms with van der Waals surface area (Å²) in [4.78, 5) is 22.8. The standard InChI is InChI=1S/C25H26N6O2/c1-33-18-11-7-8-16(14-18)15-27-31-23(26)21(25(32)28-17-9-3-2-4-10-17)22-24(31)30-20-13-6-5-12-19(20)29-22/h5-8,11-15,17H,2-4,9-10,26H2,1H3,(H,28,32)/b27-15+. The molecule has 2 aromatic heterocycles. The summed E-state index contributed by atoms with van der Waals surface area (Å²) in [6.07, 6.45) is 7.08. The molecule has 1 amide bonds. The summed E-state index contributed by atoms with van der Waals surface area (Å²) in [5.74, 6) is 0.708. The van der Waals surface area contributed by atoms with Gasteiger partial charge in [0.05, 0.1) is 24.4 Å². The predicted octanol–water partition coefficient (Wildman–Crippen LogP) is 4.12. The van der Waals surface area contributed by atoms with Crippen LogP contribution in [-0.2, 0) is 0 Å². The monoisotopic (exact) mass is 442 g/mol. The molecule has 0 bridgehead atoms. The van der Waals surface area contributed by atoms with Gasteiger partial charge in [0, 0.05) is 6.04 Å². The average Bonchev–Trinajstić information content (AvgIpc) is 3.12. The van der Waals surface area contributed by atoms with E-state index in [9.17, 15) is 4.79 Å². The number of para-hydroxylation sites is 2. The van der Waals surface area contributed by atoms with Gasteiger partial charge >= 0.3 is 0 Å². The molecular formula is C25H26N6O2. The second kappa shape index (κ2) is 8.90. The minimum Gasteiger partial charge on any atom is -0.497 e. The van der Waals surface area contributed by atoms with Crippen LogP contribution in [0.3, 0.4) is 0 Å². The van der Waals surface area contributed by atoms with Gasteiger partial charge in [0.1, 0.15) is 22.6 Å². The number of fused-ring (bicyclic) bond motifs is 2. The Kier molecular flexibility index (Phi) is 5.64. The third-order valence-electron chi connectivity index (χ3n) is 6.06. The molecule has 8 heteroatoms. The van der Waals surface area contributed by atoms with E-state index in [1.807, 2.05) is 48.5 Å². The maximum absolute atomic E-state index is 13.3. The van der Waals surface area contributed by atoms with Crippen molar-refractivity contribution in [2.24, 2.45) is 5.10 Å². The zero-order valence-corrected chi connectivity index (χ0v) is 18.5. The van der Waals surface area contributed by atoms with Crippen LogP contribution in [0.15, 0.2) is 53.6 Å². The van der Waals surface area contributed by atoms with Crippen LogP contribution < -0.4 is 15.8 Å². The fourth-order valence-corrected chi connectivity index (χ4v) is 4.34. The number of nitrogens with one attached hydrogen (secondary N) is 1. The van der Waals surface area contributed by atoms with Crippen LogP contribution in [0.5, 0.6) is 5.75 Å². The summed E-state index contributed by atoms with van der Waals surface area (Å²) in [6.45, 7) is 0. The highest BCUT2D eigenvalue weighted by atomic mass is 16.5. The summed E-state index contributed by atoms with van der Waals surface area (Å²) in [5, 5.41) is 7.71. The van der Waals surface area contributed by atoms with E-state index in [0.29, 0.717) is 27.8 Å². The number of hydrogen-bond donors (Lipinski definition) is 2. The number of benzene rings is 2. The highest BCUT2D eigenvalue weighted by Crippen LogP contribution is 2.28. The van der Waals surface area contributed by atoms with Gasteiger partial charge in [-0.2, -0.15) is 9.78 Å². The van der Waals surface area contributed by atoms with E-state index in [1.54, 1.807) is 13.3 Å². The number of nitrogens with two attached hydrogens (primary N) is 1. The molecule has 0 atom stereocenters. The third kappa shape index (κ3) is 4.11. The van der Waals surface area contributed by atoms with Crippen molar-refractivity contribution in [1.82, 2.24) is 20.0 Å². The lowest BCUT2D eigenvalue weighted by molar-refractivity contribution is 0.0930. The largest absolute Gasteiger partial charge is 0.497 e.